The number of carboxylic acids is 1. The van der Waals surface area contributed by atoms with Crippen molar-refractivity contribution in [2.75, 3.05) is 24.7 Å². The van der Waals surface area contributed by atoms with Gasteiger partial charge in [0.05, 0.1) is 11.9 Å². The Morgan fingerprint density at radius 1 is 1.45 bits per heavy atom. The molecule has 20 heavy (non-hydrogen) atoms. The molecule has 0 bridgehead atoms. The summed E-state index contributed by atoms with van der Waals surface area (Å²) in [5.74, 6) is -0.924. The van der Waals surface area contributed by atoms with Gasteiger partial charge in [-0.05, 0) is 20.3 Å². The minimum Gasteiger partial charge on any atom is -0.481 e. The molecule has 0 unspecified atom stereocenters. The fourth-order valence-corrected chi connectivity index (χ4v) is 2.72. The van der Waals surface area contributed by atoms with Crippen molar-refractivity contribution in [1.29, 1.82) is 0 Å². The topological polar surface area (TPSA) is 108 Å². The number of carboxylic acid groups (broad SMARTS) is 1. The monoisotopic (exact) mass is 321 g/mol. The van der Waals surface area contributed by atoms with Gasteiger partial charge in [0, 0.05) is 18.5 Å². The van der Waals surface area contributed by atoms with E-state index in [4.69, 9.17) is 5.11 Å². The van der Waals surface area contributed by atoms with Crippen molar-refractivity contribution in [2.45, 2.75) is 25.7 Å². The van der Waals surface area contributed by atoms with Crippen molar-refractivity contribution in [3.8, 4) is 0 Å². The van der Waals surface area contributed by atoms with E-state index in [9.17, 15) is 13.2 Å². The van der Waals surface area contributed by atoms with Gasteiger partial charge in [-0.15, -0.1) is 11.3 Å². The molecule has 0 aliphatic heterocycles. The van der Waals surface area contributed by atoms with Crippen LogP contribution in [0.1, 0.15) is 26.0 Å². The predicted molar refractivity (Wildman–Crippen MR) is 78.7 cm³/mol. The second kappa shape index (κ2) is 6.51. The first kappa shape index (κ1) is 16.9. The zero-order valence-corrected chi connectivity index (χ0v) is 13.3. The molecular formula is C11H19N3O4S2. The smallest absolute Gasteiger partial charge is 0.315 e. The molecule has 114 valence electrons. The molecule has 0 amide bonds. The molecule has 3 N–H and O–H groups in total. The van der Waals surface area contributed by atoms with Crippen LogP contribution in [0.15, 0.2) is 5.38 Å². The van der Waals surface area contributed by atoms with Gasteiger partial charge in [0.2, 0.25) is 10.0 Å². The van der Waals surface area contributed by atoms with E-state index in [2.05, 4.69) is 15.0 Å². The number of anilines is 1. The minimum absolute atomic E-state index is 0.352. The van der Waals surface area contributed by atoms with Crippen molar-refractivity contribution >= 4 is 32.5 Å². The van der Waals surface area contributed by atoms with Crippen LogP contribution in [-0.4, -0.2) is 43.8 Å². The average Bonchev–Trinajstić information content (AvgIpc) is 2.76. The standard InChI is InChI=1S/C11H19N3O4S2/c1-11(2,9(15)16)8-7-19-10(14-8)12-5-4-6-13-20(3,17)18/h7,13H,4-6H2,1-3H3,(H,12,14)(H,15,16). The Morgan fingerprint density at radius 3 is 2.65 bits per heavy atom. The van der Waals surface area contributed by atoms with E-state index in [1.807, 2.05) is 0 Å². The second-order valence-corrected chi connectivity index (χ2v) is 7.61. The molecule has 0 saturated carbocycles. The van der Waals surface area contributed by atoms with Crippen LogP contribution in [0.4, 0.5) is 5.13 Å². The number of aliphatic carboxylic acids is 1. The number of aromatic nitrogens is 1. The quantitative estimate of drug-likeness (QED) is 0.613. The molecule has 0 radical (unpaired) electrons. The normalized spacial score (nSPS) is 12.3. The fraction of sp³-hybridized carbons (Fsp3) is 0.636. The maximum Gasteiger partial charge on any atom is 0.315 e. The van der Waals surface area contributed by atoms with E-state index in [1.165, 1.54) is 11.3 Å². The van der Waals surface area contributed by atoms with Gasteiger partial charge in [-0.25, -0.2) is 18.1 Å². The molecule has 9 heteroatoms. The second-order valence-electron chi connectivity index (χ2n) is 4.91. The molecule has 1 aromatic rings. The highest BCUT2D eigenvalue weighted by Gasteiger charge is 2.32. The molecule has 0 aromatic carbocycles. The van der Waals surface area contributed by atoms with E-state index in [0.29, 0.717) is 30.3 Å². The maximum atomic E-state index is 11.1. The zero-order valence-electron chi connectivity index (χ0n) is 11.6. The molecule has 0 aliphatic carbocycles. The van der Waals surface area contributed by atoms with Crippen molar-refractivity contribution in [2.24, 2.45) is 0 Å². The summed E-state index contributed by atoms with van der Waals surface area (Å²) < 4.78 is 24.1. The SMILES string of the molecule is CC(C)(C(=O)O)c1csc(NCCCNS(C)(=O)=O)n1. The maximum absolute atomic E-state index is 11.1. The molecular weight excluding hydrogens is 302 g/mol. The number of hydrogen-bond acceptors (Lipinski definition) is 6. The number of hydrogen-bond donors (Lipinski definition) is 3. The number of nitrogens with zero attached hydrogens (tertiary/aromatic N) is 1. The highest BCUT2D eigenvalue weighted by molar-refractivity contribution is 7.88. The van der Waals surface area contributed by atoms with Crippen LogP contribution in [0.3, 0.4) is 0 Å². The van der Waals surface area contributed by atoms with Crippen molar-refractivity contribution in [3.63, 3.8) is 0 Å². The number of rotatable bonds is 8. The third-order valence-corrected chi connectivity index (χ3v) is 4.20. The van der Waals surface area contributed by atoms with Crippen LogP contribution in [0.5, 0.6) is 0 Å². The number of carbonyl (C=O) groups is 1. The third kappa shape index (κ3) is 5.06. The lowest BCUT2D eigenvalue weighted by molar-refractivity contribution is -0.142. The molecule has 7 nitrogen and oxygen atoms in total. The Kier molecular flexibility index (Phi) is 5.49. The van der Waals surface area contributed by atoms with Gasteiger partial charge in [0.25, 0.3) is 0 Å². The van der Waals surface area contributed by atoms with Crippen LogP contribution in [0.25, 0.3) is 0 Å². The molecule has 1 aromatic heterocycles. The van der Waals surface area contributed by atoms with Gasteiger partial charge in [-0.1, -0.05) is 0 Å². The predicted octanol–water partition coefficient (Wildman–Crippen LogP) is 0.857. The number of nitrogens with one attached hydrogen (secondary N) is 2. The van der Waals surface area contributed by atoms with Gasteiger partial charge in [-0.3, -0.25) is 4.79 Å². The molecule has 0 atom stereocenters. The fourth-order valence-electron chi connectivity index (χ4n) is 1.29. The summed E-state index contributed by atoms with van der Waals surface area (Å²) >= 11 is 1.33. The summed E-state index contributed by atoms with van der Waals surface area (Å²) in [5, 5.41) is 14.5. The van der Waals surface area contributed by atoms with E-state index in [1.54, 1.807) is 19.2 Å². The molecule has 0 aliphatic rings. The third-order valence-electron chi connectivity index (χ3n) is 2.67. The van der Waals surface area contributed by atoms with Crippen molar-refractivity contribution in [1.82, 2.24) is 9.71 Å². The van der Waals surface area contributed by atoms with Gasteiger partial charge in [0.1, 0.15) is 5.41 Å². The lowest BCUT2D eigenvalue weighted by Gasteiger charge is -2.15. The Morgan fingerprint density at radius 2 is 2.10 bits per heavy atom. The van der Waals surface area contributed by atoms with Crippen LogP contribution in [0, 0.1) is 0 Å². The van der Waals surface area contributed by atoms with Crippen LogP contribution >= 0.6 is 11.3 Å². The Balaban J connectivity index is 2.44. The van der Waals surface area contributed by atoms with Gasteiger partial charge in [0.15, 0.2) is 5.13 Å². The molecule has 0 spiro atoms. The lowest BCUT2D eigenvalue weighted by Crippen LogP contribution is -2.28. The molecule has 1 heterocycles. The minimum atomic E-state index is -3.15. The van der Waals surface area contributed by atoms with Crippen LogP contribution in [-0.2, 0) is 20.2 Å². The first-order valence-electron chi connectivity index (χ1n) is 6.01. The van der Waals surface area contributed by atoms with Crippen molar-refractivity contribution < 1.29 is 18.3 Å². The van der Waals surface area contributed by atoms with Gasteiger partial charge >= 0.3 is 5.97 Å². The largest absolute Gasteiger partial charge is 0.481 e. The molecule has 0 fully saturated rings. The molecule has 1 rings (SSSR count). The Hall–Kier alpha value is -1.19. The van der Waals surface area contributed by atoms with Gasteiger partial charge < -0.3 is 10.4 Å². The summed E-state index contributed by atoms with van der Waals surface area (Å²) in [7, 11) is -3.15. The van der Waals surface area contributed by atoms with E-state index < -0.39 is 21.4 Å². The first-order valence-corrected chi connectivity index (χ1v) is 8.78. The Bertz CT molecular complexity index is 566. The van der Waals surface area contributed by atoms with E-state index in [-0.39, 0.29) is 0 Å². The summed E-state index contributed by atoms with van der Waals surface area (Å²) in [6.45, 7) is 4.11. The summed E-state index contributed by atoms with van der Waals surface area (Å²) in [5.41, 5.74) is -0.513. The summed E-state index contributed by atoms with van der Waals surface area (Å²) in [6, 6.07) is 0. The molecule has 0 saturated heterocycles. The van der Waals surface area contributed by atoms with Gasteiger partial charge in [-0.2, -0.15) is 0 Å². The van der Waals surface area contributed by atoms with E-state index in [0.717, 1.165) is 6.26 Å². The summed E-state index contributed by atoms with van der Waals surface area (Å²) in [4.78, 5) is 15.3. The van der Waals surface area contributed by atoms with Crippen molar-refractivity contribution in [3.05, 3.63) is 11.1 Å². The Labute approximate surface area is 122 Å². The van der Waals surface area contributed by atoms with E-state index >= 15 is 0 Å². The van der Waals surface area contributed by atoms with Crippen LogP contribution < -0.4 is 10.0 Å². The number of sulfonamides is 1. The first-order chi connectivity index (χ1) is 9.13. The lowest BCUT2D eigenvalue weighted by atomic mass is 9.90. The summed E-state index contributed by atoms with van der Waals surface area (Å²) in [6.07, 6.45) is 1.73. The average molecular weight is 321 g/mol. The van der Waals surface area contributed by atoms with Crippen LogP contribution in [0.2, 0.25) is 0 Å². The highest BCUT2D eigenvalue weighted by Crippen LogP contribution is 2.27. The zero-order chi connectivity index (χ0) is 15.4. The number of thiazole rings is 1. The highest BCUT2D eigenvalue weighted by atomic mass is 32.2.